The van der Waals surface area contributed by atoms with Gasteiger partial charge in [0.05, 0.1) is 35.4 Å². The SMILES string of the molecule is CCc1c(OC)ccc2c(O[C@@H]3C[C@H]4C(=O)N[C@]5(C(=O)NS(=O)(=O)C6CC6)CC5/C=C\CCCCN(C)C(=O)[C@@H]4C3)cc(-c3nc(C(C)C)cs3)nc12. The van der Waals surface area contributed by atoms with Crippen molar-refractivity contribution in [3.63, 3.8) is 0 Å². The molecule has 0 saturated heterocycles. The average molecular weight is 764 g/mol. The van der Waals surface area contributed by atoms with Gasteiger partial charge in [0.15, 0.2) is 0 Å². The Bertz CT molecular complexity index is 2060. The number of fused-ring (bicyclic) bond motifs is 3. The van der Waals surface area contributed by atoms with E-state index in [1.165, 1.54) is 11.3 Å². The molecule has 14 heteroatoms. The third-order valence-electron chi connectivity index (χ3n) is 11.2. The largest absolute Gasteiger partial charge is 0.496 e. The monoisotopic (exact) mass is 763 g/mol. The third-order valence-corrected chi connectivity index (χ3v) is 13.9. The van der Waals surface area contributed by atoms with Crippen LogP contribution in [0.4, 0.5) is 0 Å². The van der Waals surface area contributed by atoms with Gasteiger partial charge in [0, 0.05) is 41.9 Å². The first kappa shape index (κ1) is 37.3. The number of carbonyl (C=O) groups is 3. The van der Waals surface area contributed by atoms with Crippen LogP contribution in [-0.4, -0.2) is 78.6 Å². The molecule has 1 aliphatic heterocycles. The summed E-state index contributed by atoms with van der Waals surface area (Å²) in [6.07, 6.45) is 8.30. The van der Waals surface area contributed by atoms with Crippen molar-refractivity contribution in [3.05, 3.63) is 47.0 Å². The summed E-state index contributed by atoms with van der Waals surface area (Å²) in [5.74, 6) is -1.58. The Hall–Kier alpha value is -4.04. The Morgan fingerprint density at radius 3 is 2.60 bits per heavy atom. The van der Waals surface area contributed by atoms with Crippen molar-refractivity contribution in [1.82, 2.24) is 24.9 Å². The summed E-state index contributed by atoms with van der Waals surface area (Å²) in [7, 11) is -0.423. The fourth-order valence-corrected chi connectivity index (χ4v) is 10.1. The van der Waals surface area contributed by atoms with Crippen LogP contribution >= 0.6 is 11.3 Å². The Kier molecular flexibility index (Phi) is 10.3. The summed E-state index contributed by atoms with van der Waals surface area (Å²) >= 11 is 1.52. The number of thiazole rings is 1. The van der Waals surface area contributed by atoms with E-state index in [0.29, 0.717) is 43.7 Å². The van der Waals surface area contributed by atoms with Crippen molar-refractivity contribution in [2.45, 2.75) is 101 Å². The van der Waals surface area contributed by atoms with Gasteiger partial charge in [0.25, 0.3) is 5.91 Å². The highest BCUT2D eigenvalue weighted by molar-refractivity contribution is 7.91. The molecule has 0 bridgehead atoms. The van der Waals surface area contributed by atoms with Crippen LogP contribution in [0.3, 0.4) is 0 Å². The minimum absolute atomic E-state index is 0.145. The summed E-state index contributed by atoms with van der Waals surface area (Å²) in [6.45, 7) is 6.81. The summed E-state index contributed by atoms with van der Waals surface area (Å²) in [6, 6.07) is 5.73. The lowest BCUT2D eigenvalue weighted by Gasteiger charge is -2.26. The van der Waals surface area contributed by atoms with E-state index in [9.17, 15) is 22.8 Å². The number of methoxy groups -OCH3 is 1. The summed E-state index contributed by atoms with van der Waals surface area (Å²) in [5, 5.41) is 5.99. The number of sulfonamides is 1. The van der Waals surface area contributed by atoms with E-state index in [4.69, 9.17) is 19.4 Å². The molecule has 3 saturated carbocycles. The van der Waals surface area contributed by atoms with Gasteiger partial charge in [-0.1, -0.05) is 32.9 Å². The zero-order valence-corrected chi connectivity index (χ0v) is 32.6. The predicted octanol–water partition coefficient (Wildman–Crippen LogP) is 5.51. The maximum atomic E-state index is 14.3. The number of rotatable bonds is 9. The number of amides is 3. The molecule has 2 N–H and O–H groups in total. The number of allylic oxidation sites excluding steroid dienone is 1. The van der Waals surface area contributed by atoms with Crippen LogP contribution in [0.2, 0.25) is 0 Å². The molecule has 2 aromatic heterocycles. The summed E-state index contributed by atoms with van der Waals surface area (Å²) in [4.78, 5) is 53.7. The Morgan fingerprint density at radius 1 is 1.13 bits per heavy atom. The third kappa shape index (κ3) is 7.41. The van der Waals surface area contributed by atoms with Gasteiger partial charge in [-0.15, -0.1) is 11.3 Å². The number of aryl methyl sites for hydroxylation is 1. The van der Waals surface area contributed by atoms with Gasteiger partial charge in [-0.25, -0.2) is 18.4 Å². The van der Waals surface area contributed by atoms with Gasteiger partial charge in [-0.3, -0.25) is 19.1 Å². The molecule has 5 atom stereocenters. The van der Waals surface area contributed by atoms with Crippen LogP contribution in [0.15, 0.2) is 35.7 Å². The second kappa shape index (κ2) is 14.7. The van der Waals surface area contributed by atoms with Crippen molar-refractivity contribution in [3.8, 4) is 22.2 Å². The first-order chi connectivity index (χ1) is 25.3. The van der Waals surface area contributed by atoms with E-state index in [1.54, 1.807) is 19.1 Å². The molecule has 3 amide bonds. The minimum Gasteiger partial charge on any atom is -0.496 e. The lowest BCUT2D eigenvalue weighted by Crippen LogP contribution is -2.54. The molecule has 4 aliphatic rings. The zero-order chi connectivity index (χ0) is 37.7. The van der Waals surface area contributed by atoms with Crippen molar-refractivity contribution < 1.29 is 32.3 Å². The van der Waals surface area contributed by atoms with Crippen molar-refractivity contribution in [2.75, 3.05) is 20.7 Å². The number of nitrogens with one attached hydrogen (secondary N) is 2. The topological polar surface area (TPSA) is 157 Å². The number of nitrogens with zero attached hydrogens (tertiary/aromatic N) is 3. The quantitative estimate of drug-likeness (QED) is 0.269. The molecule has 1 unspecified atom stereocenters. The van der Waals surface area contributed by atoms with Gasteiger partial charge < -0.3 is 19.7 Å². The highest BCUT2D eigenvalue weighted by Gasteiger charge is 2.62. The highest BCUT2D eigenvalue weighted by Crippen LogP contribution is 2.47. The van der Waals surface area contributed by atoms with Gasteiger partial charge >= 0.3 is 0 Å². The van der Waals surface area contributed by atoms with E-state index < -0.39 is 50.6 Å². The van der Waals surface area contributed by atoms with Crippen molar-refractivity contribution >= 4 is 50.0 Å². The molecular formula is C39H49N5O7S2. The minimum atomic E-state index is -3.83. The van der Waals surface area contributed by atoms with Crippen molar-refractivity contribution in [1.29, 1.82) is 0 Å². The first-order valence-electron chi connectivity index (χ1n) is 18.8. The first-order valence-corrected chi connectivity index (χ1v) is 21.2. The molecule has 12 nitrogen and oxygen atoms in total. The fourth-order valence-electron chi connectivity index (χ4n) is 7.78. The smallest absolute Gasteiger partial charge is 0.259 e. The molecule has 284 valence electrons. The molecule has 3 aromatic rings. The van der Waals surface area contributed by atoms with Crippen LogP contribution in [0.1, 0.15) is 89.3 Å². The molecular weight excluding hydrogens is 715 g/mol. The number of ether oxygens (including phenoxy) is 2. The Balaban J connectivity index is 1.22. The molecule has 53 heavy (non-hydrogen) atoms. The lowest BCUT2D eigenvalue weighted by molar-refractivity contribution is -0.140. The lowest BCUT2D eigenvalue weighted by atomic mass is 9.93. The van der Waals surface area contributed by atoms with E-state index >= 15 is 0 Å². The summed E-state index contributed by atoms with van der Waals surface area (Å²) in [5.41, 5.74) is 1.93. The number of hydrogen-bond acceptors (Lipinski definition) is 10. The molecule has 3 aliphatic carbocycles. The van der Waals surface area contributed by atoms with Crippen LogP contribution in [-0.2, 0) is 30.8 Å². The predicted molar refractivity (Wildman–Crippen MR) is 203 cm³/mol. The molecule has 7 rings (SSSR count). The van der Waals surface area contributed by atoms with E-state index in [-0.39, 0.29) is 30.6 Å². The fraction of sp³-hybridized carbons (Fsp3) is 0.564. The van der Waals surface area contributed by atoms with Gasteiger partial charge in [-0.05, 0) is 75.8 Å². The van der Waals surface area contributed by atoms with E-state index in [2.05, 4.69) is 30.8 Å². The standard InChI is InChI=1S/C39H49N5O7S2/c1-6-26-32(50-5)15-14-27-33(19-30(40-34(26)27)36-41-31(21-52-36)22(2)3)51-24-17-28-29(18-24)37(46)44(4)16-10-8-7-9-11-23-20-39(23,42-35(28)45)38(47)43-53(48,49)25-12-13-25/h9,11,14-15,19,21-25,28-29H,6-8,10,12-13,16-18,20H2,1-5H3,(H,42,45)(H,43,47)/b11-9-/t23?,24-,28-,29-,39-/m1/s1. The molecule has 0 radical (unpaired) electrons. The van der Waals surface area contributed by atoms with Gasteiger partial charge in [0.1, 0.15) is 33.8 Å². The number of aromatic nitrogens is 2. The van der Waals surface area contributed by atoms with Crippen molar-refractivity contribution in [2.24, 2.45) is 17.8 Å². The molecule has 3 fully saturated rings. The maximum absolute atomic E-state index is 14.3. The molecule has 0 spiro atoms. The average Bonchev–Trinajstić information content (AvgIpc) is 4.01. The number of pyridine rings is 1. The van der Waals surface area contributed by atoms with Crippen LogP contribution in [0, 0.1) is 17.8 Å². The Morgan fingerprint density at radius 2 is 1.91 bits per heavy atom. The second-order valence-corrected chi connectivity index (χ2v) is 18.1. The summed E-state index contributed by atoms with van der Waals surface area (Å²) < 4.78 is 40.4. The van der Waals surface area contributed by atoms with E-state index in [1.807, 2.05) is 35.7 Å². The van der Waals surface area contributed by atoms with Gasteiger partial charge in [0.2, 0.25) is 21.8 Å². The highest BCUT2D eigenvalue weighted by atomic mass is 32.2. The maximum Gasteiger partial charge on any atom is 0.259 e. The normalized spacial score (nSPS) is 27.1. The number of benzene rings is 1. The van der Waals surface area contributed by atoms with E-state index in [0.717, 1.165) is 52.2 Å². The molecule has 1 aromatic carbocycles. The number of carbonyl (C=O) groups excluding carboxylic acids is 3. The van der Waals surface area contributed by atoms with Gasteiger partial charge in [-0.2, -0.15) is 0 Å². The van der Waals surface area contributed by atoms with Crippen LogP contribution in [0.25, 0.3) is 21.6 Å². The second-order valence-electron chi connectivity index (χ2n) is 15.3. The zero-order valence-electron chi connectivity index (χ0n) is 31.0. The Labute approximate surface area is 315 Å². The van der Waals surface area contributed by atoms with Crippen LogP contribution < -0.4 is 19.5 Å². The van der Waals surface area contributed by atoms with Crippen LogP contribution in [0.5, 0.6) is 11.5 Å². The molecule has 3 heterocycles. The number of hydrogen-bond donors (Lipinski definition) is 2.